The summed E-state index contributed by atoms with van der Waals surface area (Å²) in [5, 5.41) is 28.2. The normalized spacial score (nSPS) is 13.5. The highest BCUT2D eigenvalue weighted by atomic mass is 16.1. The minimum absolute atomic E-state index is 0.215. The van der Waals surface area contributed by atoms with Gasteiger partial charge >= 0.3 is 0 Å². The molecule has 0 amide bonds. The molecular formula is C19H20N12O2. The SMILES string of the molecule is CC[C@H](Cn1ncnn1)n1cnc2cc3c(=O)n([C@H](CC)n4cnnc4)nnc3cc2c1=O. The molecule has 5 aromatic rings. The summed E-state index contributed by atoms with van der Waals surface area (Å²) < 4.78 is 4.52. The molecule has 4 heterocycles. The van der Waals surface area contributed by atoms with Crippen molar-refractivity contribution < 1.29 is 0 Å². The fraction of sp³-hybridized carbons (Fsp3) is 0.368. The average Bonchev–Trinajstić information content (AvgIpc) is 3.54. The Kier molecular flexibility index (Phi) is 5.16. The predicted octanol–water partition coefficient (Wildman–Crippen LogP) is 0.188. The third-order valence-corrected chi connectivity index (χ3v) is 5.65. The first-order valence-corrected chi connectivity index (χ1v) is 10.5. The number of tetrazole rings is 1. The van der Waals surface area contributed by atoms with E-state index >= 15 is 0 Å². The minimum Gasteiger partial charge on any atom is -0.297 e. The van der Waals surface area contributed by atoms with E-state index in [1.165, 1.54) is 34.8 Å². The average molecular weight is 448 g/mol. The van der Waals surface area contributed by atoms with Crippen molar-refractivity contribution in [3.05, 3.63) is 58.1 Å². The van der Waals surface area contributed by atoms with Crippen molar-refractivity contribution in [1.82, 2.24) is 59.5 Å². The zero-order valence-corrected chi connectivity index (χ0v) is 17.9. The van der Waals surface area contributed by atoms with Crippen molar-refractivity contribution in [3.8, 4) is 0 Å². The number of aromatic nitrogens is 12. The number of hydrogen-bond donors (Lipinski definition) is 0. The predicted molar refractivity (Wildman–Crippen MR) is 115 cm³/mol. The molecule has 0 saturated heterocycles. The molecule has 33 heavy (non-hydrogen) atoms. The third kappa shape index (κ3) is 3.54. The molecule has 1 aromatic carbocycles. The van der Waals surface area contributed by atoms with Crippen LogP contribution in [0.25, 0.3) is 21.8 Å². The summed E-state index contributed by atoms with van der Waals surface area (Å²) >= 11 is 0. The molecule has 0 aliphatic carbocycles. The van der Waals surface area contributed by atoms with E-state index in [9.17, 15) is 9.59 Å². The molecule has 2 atom stereocenters. The number of nitrogens with zero attached hydrogens (tertiary/aromatic N) is 12. The van der Waals surface area contributed by atoms with E-state index in [1.54, 1.807) is 21.3 Å². The third-order valence-electron chi connectivity index (χ3n) is 5.65. The van der Waals surface area contributed by atoms with Crippen molar-refractivity contribution >= 4 is 21.8 Å². The van der Waals surface area contributed by atoms with Crippen molar-refractivity contribution in [2.75, 3.05) is 0 Å². The molecule has 0 spiro atoms. The summed E-state index contributed by atoms with van der Waals surface area (Å²) in [5.41, 5.74) is 0.157. The van der Waals surface area contributed by atoms with Crippen molar-refractivity contribution in [2.45, 2.75) is 45.4 Å². The molecule has 0 N–H and O–H groups in total. The number of benzene rings is 1. The highest BCUT2D eigenvalue weighted by molar-refractivity contribution is 5.93. The van der Waals surface area contributed by atoms with Gasteiger partial charge in [0, 0.05) is 0 Å². The second-order valence-corrected chi connectivity index (χ2v) is 7.53. The van der Waals surface area contributed by atoms with Crippen LogP contribution >= 0.6 is 0 Å². The molecule has 0 fully saturated rings. The van der Waals surface area contributed by atoms with E-state index in [2.05, 4.69) is 40.9 Å². The smallest absolute Gasteiger partial charge is 0.279 e. The first-order chi connectivity index (χ1) is 16.1. The van der Waals surface area contributed by atoms with Gasteiger partial charge in [-0.2, -0.15) is 9.48 Å². The fourth-order valence-electron chi connectivity index (χ4n) is 3.89. The lowest BCUT2D eigenvalue weighted by Gasteiger charge is -2.18. The van der Waals surface area contributed by atoms with Gasteiger partial charge in [-0.1, -0.05) is 19.1 Å². The van der Waals surface area contributed by atoms with Gasteiger partial charge in [0.15, 0.2) is 6.33 Å². The first kappa shape index (κ1) is 20.5. The summed E-state index contributed by atoms with van der Waals surface area (Å²) in [7, 11) is 0. The standard InChI is InChI=1S/C19H20N12O2/c1-3-12(7-30-24-8-21-26-30)29-9-20-15-5-14-16(6-13(15)18(29)32)25-27-31(19(14)33)17(4-2)28-10-22-23-11-28/h5-6,8-12,17H,3-4,7H2,1-2H3/t12-,17-/m1/s1. The highest BCUT2D eigenvalue weighted by Gasteiger charge is 2.19. The Morgan fingerprint density at radius 3 is 2.33 bits per heavy atom. The zero-order valence-electron chi connectivity index (χ0n) is 17.9. The van der Waals surface area contributed by atoms with E-state index in [-0.39, 0.29) is 17.2 Å². The molecule has 14 nitrogen and oxygen atoms in total. The largest absolute Gasteiger partial charge is 0.297 e. The van der Waals surface area contributed by atoms with Crippen LogP contribution in [0.4, 0.5) is 0 Å². The number of hydrogen-bond acceptors (Lipinski definition) is 10. The van der Waals surface area contributed by atoms with Crippen molar-refractivity contribution in [1.29, 1.82) is 0 Å². The number of rotatable bonds is 7. The van der Waals surface area contributed by atoms with Gasteiger partial charge in [0.1, 0.15) is 24.3 Å². The summed E-state index contributed by atoms with van der Waals surface area (Å²) in [6, 6.07) is 2.94. The maximum absolute atomic E-state index is 13.3. The number of fused-ring (bicyclic) bond motifs is 2. The van der Waals surface area contributed by atoms with E-state index in [4.69, 9.17) is 0 Å². The van der Waals surface area contributed by atoms with E-state index < -0.39 is 6.17 Å². The van der Waals surface area contributed by atoms with Gasteiger partial charge in [0.25, 0.3) is 11.1 Å². The van der Waals surface area contributed by atoms with Gasteiger partial charge < -0.3 is 0 Å². The van der Waals surface area contributed by atoms with Gasteiger partial charge in [-0.25, -0.2) is 4.98 Å². The molecule has 4 aromatic heterocycles. The van der Waals surface area contributed by atoms with Gasteiger partial charge in [-0.05, 0) is 30.2 Å². The maximum atomic E-state index is 13.3. The molecular weight excluding hydrogens is 428 g/mol. The second-order valence-electron chi connectivity index (χ2n) is 7.53. The molecule has 0 aliphatic rings. The quantitative estimate of drug-likeness (QED) is 0.315. The molecule has 0 bridgehead atoms. The van der Waals surface area contributed by atoms with Crippen LogP contribution in [0.2, 0.25) is 0 Å². The lowest BCUT2D eigenvalue weighted by molar-refractivity contribution is 0.353. The Hall–Kier alpha value is -4.36. The van der Waals surface area contributed by atoms with E-state index in [0.717, 1.165) is 0 Å². The summed E-state index contributed by atoms with van der Waals surface area (Å²) in [4.78, 5) is 32.4. The monoisotopic (exact) mass is 448 g/mol. The summed E-state index contributed by atoms with van der Waals surface area (Å²) in [5.74, 6) is 0. The van der Waals surface area contributed by atoms with Crippen LogP contribution in [-0.2, 0) is 6.54 Å². The van der Waals surface area contributed by atoms with Gasteiger partial charge in [-0.3, -0.25) is 18.7 Å². The zero-order chi connectivity index (χ0) is 22.9. The fourth-order valence-corrected chi connectivity index (χ4v) is 3.89. The van der Waals surface area contributed by atoms with Crippen LogP contribution < -0.4 is 11.1 Å². The van der Waals surface area contributed by atoms with E-state index in [0.29, 0.717) is 41.2 Å². The Labute approximate surface area is 185 Å². The van der Waals surface area contributed by atoms with E-state index in [1.807, 2.05) is 13.8 Å². The van der Waals surface area contributed by atoms with Crippen LogP contribution in [0, 0.1) is 0 Å². The lowest BCUT2D eigenvalue weighted by Crippen LogP contribution is -2.32. The van der Waals surface area contributed by atoms with Gasteiger partial charge in [0.2, 0.25) is 0 Å². The lowest BCUT2D eigenvalue weighted by atomic mass is 10.1. The molecule has 0 radical (unpaired) electrons. The Bertz CT molecular complexity index is 1520. The van der Waals surface area contributed by atoms with Crippen LogP contribution in [0.3, 0.4) is 0 Å². The van der Waals surface area contributed by atoms with Crippen molar-refractivity contribution in [2.24, 2.45) is 0 Å². The molecule has 14 heteroatoms. The van der Waals surface area contributed by atoms with Crippen LogP contribution in [0.1, 0.15) is 38.9 Å². The van der Waals surface area contributed by atoms with Gasteiger partial charge in [-0.15, -0.1) is 25.5 Å². The molecule has 0 unspecified atom stereocenters. The molecule has 168 valence electrons. The van der Waals surface area contributed by atoms with Crippen molar-refractivity contribution in [3.63, 3.8) is 0 Å². The summed E-state index contributed by atoms with van der Waals surface area (Å²) in [6.45, 7) is 4.27. The Morgan fingerprint density at radius 1 is 0.879 bits per heavy atom. The van der Waals surface area contributed by atoms with Crippen LogP contribution in [0.15, 0.2) is 47.0 Å². The summed E-state index contributed by atoms with van der Waals surface area (Å²) in [6.07, 6.45) is 6.70. The highest BCUT2D eigenvalue weighted by Crippen LogP contribution is 2.18. The van der Waals surface area contributed by atoms with Gasteiger partial charge in [0.05, 0.1) is 35.2 Å². The first-order valence-electron chi connectivity index (χ1n) is 10.5. The topological polar surface area (TPSA) is 157 Å². The Balaban J connectivity index is 1.61. The maximum Gasteiger partial charge on any atom is 0.279 e. The molecule has 0 saturated carbocycles. The second kappa shape index (κ2) is 8.29. The molecule has 5 rings (SSSR count). The Morgan fingerprint density at radius 2 is 1.64 bits per heavy atom. The molecule has 0 aliphatic heterocycles. The van der Waals surface area contributed by atoms with Crippen LogP contribution in [-0.4, -0.2) is 59.5 Å². The van der Waals surface area contributed by atoms with Crippen LogP contribution in [0.5, 0.6) is 0 Å². The minimum atomic E-state index is -0.420.